The number of halogens is 3. The van der Waals surface area contributed by atoms with E-state index in [0.29, 0.717) is 13.1 Å². The Morgan fingerprint density at radius 1 is 1.29 bits per heavy atom. The molecule has 1 aliphatic rings. The predicted molar refractivity (Wildman–Crippen MR) is 97.0 cm³/mol. The van der Waals surface area contributed by atoms with Crippen LogP contribution in [0.5, 0.6) is 0 Å². The zero-order valence-corrected chi connectivity index (χ0v) is 15.6. The molecule has 28 heavy (non-hydrogen) atoms. The van der Waals surface area contributed by atoms with Gasteiger partial charge in [0.15, 0.2) is 0 Å². The van der Waals surface area contributed by atoms with Gasteiger partial charge in [0.1, 0.15) is 6.61 Å². The molecule has 1 heterocycles. The molecule has 0 aliphatic carbocycles. The number of benzene rings is 1. The van der Waals surface area contributed by atoms with Crippen LogP contribution in [0.3, 0.4) is 0 Å². The average molecular weight is 401 g/mol. The average Bonchev–Trinajstić information content (AvgIpc) is 2.63. The van der Waals surface area contributed by atoms with Crippen molar-refractivity contribution < 1.29 is 27.5 Å². The first-order valence-corrected chi connectivity index (χ1v) is 9.23. The lowest BCUT2D eigenvalue weighted by Gasteiger charge is -2.31. The fourth-order valence-electron chi connectivity index (χ4n) is 3.17. The van der Waals surface area contributed by atoms with Crippen LogP contribution >= 0.6 is 0 Å². The molecule has 0 spiro atoms. The number of primary amides is 1. The highest BCUT2D eigenvalue weighted by molar-refractivity contribution is 5.77. The summed E-state index contributed by atoms with van der Waals surface area (Å²) in [4.78, 5) is 25.3. The summed E-state index contributed by atoms with van der Waals surface area (Å²) in [5.41, 5.74) is 7.36. The van der Waals surface area contributed by atoms with Crippen LogP contribution in [0.4, 0.5) is 13.2 Å². The van der Waals surface area contributed by atoms with E-state index in [2.05, 4.69) is 15.0 Å². The number of carbonyl (C=O) groups excluding carboxylic acids is 2. The van der Waals surface area contributed by atoms with Gasteiger partial charge in [-0.25, -0.2) is 0 Å². The first-order chi connectivity index (χ1) is 13.2. The van der Waals surface area contributed by atoms with E-state index >= 15 is 0 Å². The van der Waals surface area contributed by atoms with Crippen LogP contribution in [-0.2, 0) is 27.4 Å². The quantitative estimate of drug-likeness (QED) is 0.620. The molecule has 1 saturated heterocycles. The van der Waals surface area contributed by atoms with Crippen molar-refractivity contribution in [3.8, 4) is 0 Å². The number of amides is 2. The number of nitrogens with two attached hydrogens (primary N) is 1. The highest BCUT2D eigenvalue weighted by Crippen LogP contribution is 2.19. The largest absolute Gasteiger partial charge is 0.411 e. The number of rotatable bonds is 9. The Labute approximate surface area is 162 Å². The molecule has 156 valence electrons. The van der Waals surface area contributed by atoms with Crippen molar-refractivity contribution >= 4 is 11.8 Å². The first kappa shape index (κ1) is 22.2. The van der Waals surface area contributed by atoms with Gasteiger partial charge in [-0.05, 0) is 30.5 Å². The van der Waals surface area contributed by atoms with Crippen molar-refractivity contribution in [3.05, 3.63) is 35.4 Å². The fraction of sp³-hybridized carbons (Fsp3) is 0.579. The monoisotopic (exact) mass is 401 g/mol. The second-order valence-electron chi connectivity index (χ2n) is 6.99. The zero-order chi connectivity index (χ0) is 20.6. The third-order valence-electron chi connectivity index (χ3n) is 4.53. The van der Waals surface area contributed by atoms with Crippen molar-refractivity contribution in [2.75, 3.05) is 26.3 Å². The minimum atomic E-state index is -4.39. The fourth-order valence-corrected chi connectivity index (χ4v) is 3.17. The van der Waals surface area contributed by atoms with Crippen LogP contribution < -0.4 is 11.1 Å². The van der Waals surface area contributed by atoms with Crippen molar-refractivity contribution in [2.24, 2.45) is 11.7 Å². The summed E-state index contributed by atoms with van der Waals surface area (Å²) in [6.45, 7) is 0.903. The van der Waals surface area contributed by atoms with Gasteiger partial charge >= 0.3 is 6.18 Å². The van der Waals surface area contributed by atoms with E-state index in [0.717, 1.165) is 30.5 Å². The van der Waals surface area contributed by atoms with Crippen LogP contribution in [0.15, 0.2) is 24.3 Å². The maximum atomic E-state index is 12.0. The maximum absolute atomic E-state index is 12.0. The number of likely N-dealkylation sites (tertiary alicyclic amines) is 1. The predicted octanol–water partition coefficient (Wildman–Crippen LogP) is 1.97. The van der Waals surface area contributed by atoms with Gasteiger partial charge in [-0.3, -0.25) is 14.5 Å². The Balaban J connectivity index is 1.75. The molecule has 0 radical (unpaired) electrons. The number of carbonyl (C=O) groups is 2. The zero-order valence-electron chi connectivity index (χ0n) is 15.6. The molecular formula is C19H26F3N3O3. The molecule has 1 aromatic rings. The van der Waals surface area contributed by atoms with Crippen molar-refractivity contribution in [2.45, 2.75) is 38.5 Å². The molecule has 0 aromatic heterocycles. The summed E-state index contributed by atoms with van der Waals surface area (Å²) in [5, 5.41) is 2.67. The van der Waals surface area contributed by atoms with Gasteiger partial charge in [-0.15, -0.1) is 0 Å². The van der Waals surface area contributed by atoms with Gasteiger partial charge in [0.2, 0.25) is 11.8 Å². The van der Waals surface area contributed by atoms with Crippen molar-refractivity contribution in [1.82, 2.24) is 10.2 Å². The van der Waals surface area contributed by atoms with Crippen LogP contribution in [0, 0.1) is 5.92 Å². The molecule has 3 N–H and O–H groups in total. The van der Waals surface area contributed by atoms with Crippen molar-refractivity contribution in [1.29, 1.82) is 0 Å². The second-order valence-corrected chi connectivity index (χ2v) is 6.99. The van der Waals surface area contributed by atoms with E-state index < -0.39 is 12.8 Å². The number of hydrogen-bond donors (Lipinski definition) is 2. The Bertz CT molecular complexity index is 667. The molecule has 0 saturated carbocycles. The third-order valence-corrected chi connectivity index (χ3v) is 4.53. The molecule has 1 aromatic carbocycles. The second kappa shape index (κ2) is 10.4. The highest BCUT2D eigenvalue weighted by atomic mass is 19.4. The molecule has 9 heteroatoms. The SMILES string of the molecule is NC(=O)C1CCCN(Cc2cccc(CNC(=O)CCOCC(F)(F)F)c2)C1. The lowest BCUT2D eigenvalue weighted by atomic mass is 9.97. The number of nitrogens with zero attached hydrogens (tertiary/aromatic N) is 1. The summed E-state index contributed by atoms with van der Waals surface area (Å²) in [6.07, 6.45) is -2.76. The number of hydrogen-bond acceptors (Lipinski definition) is 4. The van der Waals surface area contributed by atoms with E-state index in [1.54, 1.807) is 0 Å². The molecule has 1 aliphatic heterocycles. The summed E-state index contributed by atoms with van der Waals surface area (Å²) >= 11 is 0. The lowest BCUT2D eigenvalue weighted by Crippen LogP contribution is -2.40. The highest BCUT2D eigenvalue weighted by Gasteiger charge is 2.27. The molecule has 6 nitrogen and oxygen atoms in total. The summed E-state index contributed by atoms with van der Waals surface area (Å²) in [6, 6.07) is 7.70. The maximum Gasteiger partial charge on any atom is 0.411 e. The molecule has 2 rings (SSSR count). The van der Waals surface area contributed by atoms with Crippen molar-refractivity contribution in [3.63, 3.8) is 0 Å². The van der Waals surface area contributed by atoms with Gasteiger partial charge in [0.25, 0.3) is 0 Å². The Kier molecular flexibility index (Phi) is 8.25. The smallest absolute Gasteiger partial charge is 0.372 e. The van der Waals surface area contributed by atoms with Gasteiger partial charge in [0.05, 0.1) is 12.5 Å². The van der Waals surface area contributed by atoms with Gasteiger partial charge < -0.3 is 15.8 Å². The van der Waals surface area contributed by atoms with E-state index in [1.807, 2.05) is 24.3 Å². The number of alkyl halides is 3. The van der Waals surface area contributed by atoms with Crippen LogP contribution in [-0.4, -0.2) is 49.2 Å². The summed E-state index contributed by atoms with van der Waals surface area (Å²) in [5.74, 6) is -0.746. The molecule has 2 amide bonds. The van der Waals surface area contributed by atoms with E-state index in [-0.39, 0.29) is 37.3 Å². The first-order valence-electron chi connectivity index (χ1n) is 9.23. The van der Waals surface area contributed by atoms with E-state index in [1.165, 1.54) is 0 Å². The molecular weight excluding hydrogens is 375 g/mol. The lowest BCUT2D eigenvalue weighted by molar-refractivity contribution is -0.174. The van der Waals surface area contributed by atoms with Gasteiger partial charge in [-0.2, -0.15) is 13.2 Å². The van der Waals surface area contributed by atoms with Crippen LogP contribution in [0.1, 0.15) is 30.4 Å². The number of piperidine rings is 1. The van der Waals surface area contributed by atoms with E-state index in [9.17, 15) is 22.8 Å². The molecule has 1 atom stereocenters. The van der Waals surface area contributed by atoms with Crippen LogP contribution in [0.2, 0.25) is 0 Å². The molecule has 1 fully saturated rings. The third kappa shape index (κ3) is 8.26. The molecule has 0 bridgehead atoms. The van der Waals surface area contributed by atoms with Crippen LogP contribution in [0.25, 0.3) is 0 Å². The Morgan fingerprint density at radius 3 is 2.75 bits per heavy atom. The Hall–Kier alpha value is -2.13. The number of ether oxygens (including phenoxy) is 1. The standard InChI is InChI=1S/C19H26F3N3O3/c20-19(21,22)13-28-8-6-17(26)24-10-14-3-1-4-15(9-14)11-25-7-2-5-16(12-25)18(23)27/h1,3-4,9,16H,2,5-8,10-13H2,(H2,23,27)(H,24,26). The minimum Gasteiger partial charge on any atom is -0.372 e. The Morgan fingerprint density at radius 2 is 2.04 bits per heavy atom. The molecule has 1 unspecified atom stereocenters. The van der Waals surface area contributed by atoms with Gasteiger partial charge in [0, 0.05) is 26.1 Å². The van der Waals surface area contributed by atoms with E-state index in [4.69, 9.17) is 5.73 Å². The topological polar surface area (TPSA) is 84.7 Å². The summed E-state index contributed by atoms with van der Waals surface area (Å²) in [7, 11) is 0. The number of nitrogens with one attached hydrogen (secondary N) is 1. The summed E-state index contributed by atoms with van der Waals surface area (Å²) < 4.78 is 40.3. The normalized spacial score (nSPS) is 18.0. The van der Waals surface area contributed by atoms with Gasteiger partial charge in [-0.1, -0.05) is 24.3 Å². The minimum absolute atomic E-state index is 0.115.